The smallest absolute Gasteiger partial charge is 0.420 e. The van der Waals surface area contributed by atoms with E-state index in [-0.39, 0.29) is 33.9 Å². The number of hydrogen-bond acceptors (Lipinski definition) is 4. The zero-order valence-corrected chi connectivity index (χ0v) is 13.2. The molecule has 9 heteroatoms. The molecular formula is C16H10ClFN2O5. The Labute approximate surface area is 144 Å². The second-order valence-electron chi connectivity index (χ2n) is 5.12. The lowest BCUT2D eigenvalue weighted by Crippen LogP contribution is -2.24. The molecule has 128 valence electrons. The van der Waals surface area contributed by atoms with Crippen molar-refractivity contribution in [1.29, 1.82) is 0 Å². The number of carbonyl (C=O) groups is 2. The minimum Gasteiger partial charge on any atom is -0.478 e. The molecule has 0 fully saturated rings. The van der Waals surface area contributed by atoms with Gasteiger partial charge in [-0.1, -0.05) is 11.6 Å². The highest BCUT2D eigenvalue weighted by Crippen LogP contribution is 2.20. The van der Waals surface area contributed by atoms with E-state index in [0.717, 1.165) is 10.6 Å². The van der Waals surface area contributed by atoms with E-state index >= 15 is 0 Å². The minimum atomic E-state index is -1.16. The first-order valence-corrected chi connectivity index (χ1v) is 7.34. The van der Waals surface area contributed by atoms with Gasteiger partial charge in [-0.25, -0.2) is 14.0 Å². The number of anilines is 1. The van der Waals surface area contributed by atoms with Crippen LogP contribution in [0, 0.1) is 5.82 Å². The third-order valence-electron chi connectivity index (χ3n) is 3.42. The number of hydrogen-bond donors (Lipinski definition) is 2. The fourth-order valence-corrected chi connectivity index (χ4v) is 2.45. The molecule has 0 aliphatic rings. The summed E-state index contributed by atoms with van der Waals surface area (Å²) >= 11 is 5.64. The molecular weight excluding hydrogens is 355 g/mol. The summed E-state index contributed by atoms with van der Waals surface area (Å²) in [6.45, 7) is -0.368. The van der Waals surface area contributed by atoms with Gasteiger partial charge in [-0.15, -0.1) is 0 Å². The molecule has 25 heavy (non-hydrogen) atoms. The van der Waals surface area contributed by atoms with Gasteiger partial charge in [0.15, 0.2) is 5.58 Å². The number of carboxylic acids is 1. The maximum atomic E-state index is 13.1. The molecule has 0 saturated carbocycles. The number of benzene rings is 2. The van der Waals surface area contributed by atoms with Gasteiger partial charge in [0.1, 0.15) is 12.4 Å². The number of nitrogens with zero attached hydrogens (tertiary/aromatic N) is 1. The summed E-state index contributed by atoms with van der Waals surface area (Å²) in [7, 11) is 0. The van der Waals surface area contributed by atoms with Gasteiger partial charge < -0.3 is 14.8 Å². The topological polar surface area (TPSA) is 102 Å². The first-order chi connectivity index (χ1) is 11.8. The van der Waals surface area contributed by atoms with Crippen molar-refractivity contribution in [2.45, 2.75) is 6.54 Å². The molecule has 0 aliphatic carbocycles. The molecule has 1 heterocycles. The molecule has 2 aromatic carbocycles. The van der Waals surface area contributed by atoms with Crippen LogP contribution >= 0.6 is 11.6 Å². The molecule has 2 N–H and O–H groups in total. The Hall–Kier alpha value is -3.13. The lowest BCUT2D eigenvalue weighted by molar-refractivity contribution is -0.116. The van der Waals surface area contributed by atoms with Crippen LogP contribution in [-0.2, 0) is 11.3 Å². The van der Waals surface area contributed by atoms with Crippen molar-refractivity contribution in [3.05, 3.63) is 63.4 Å². The maximum absolute atomic E-state index is 13.1. The molecule has 0 unspecified atom stereocenters. The number of rotatable bonds is 4. The summed E-state index contributed by atoms with van der Waals surface area (Å²) in [6.07, 6.45) is 0. The number of nitrogens with one attached hydrogen (secondary N) is 1. The van der Waals surface area contributed by atoms with E-state index in [1.165, 1.54) is 30.3 Å². The molecule has 0 bridgehead atoms. The fourth-order valence-electron chi connectivity index (χ4n) is 2.27. The molecule has 3 aromatic rings. The summed E-state index contributed by atoms with van der Waals surface area (Å²) < 4.78 is 19.1. The Morgan fingerprint density at radius 3 is 2.68 bits per heavy atom. The molecule has 0 spiro atoms. The molecule has 0 saturated heterocycles. The van der Waals surface area contributed by atoms with Crippen molar-refractivity contribution in [2.24, 2.45) is 0 Å². The van der Waals surface area contributed by atoms with Gasteiger partial charge in [0.05, 0.1) is 16.1 Å². The molecule has 0 radical (unpaired) electrons. The molecule has 0 aliphatic heterocycles. The SMILES string of the molecule is O=C(Cn1c(=O)oc2cc(C(=O)O)ccc21)Nc1ccc(F)c(Cl)c1. The van der Waals surface area contributed by atoms with E-state index in [0.29, 0.717) is 0 Å². The van der Waals surface area contributed by atoms with Gasteiger partial charge in [-0.3, -0.25) is 9.36 Å². The number of halogens is 2. The van der Waals surface area contributed by atoms with Crippen LogP contribution in [0.1, 0.15) is 10.4 Å². The summed E-state index contributed by atoms with van der Waals surface area (Å²) in [5.74, 6) is -3.14. The van der Waals surface area contributed by atoms with Crippen LogP contribution in [0.2, 0.25) is 5.02 Å². The second-order valence-corrected chi connectivity index (χ2v) is 5.53. The van der Waals surface area contributed by atoms with Gasteiger partial charge in [0.25, 0.3) is 0 Å². The van der Waals surface area contributed by atoms with Crippen molar-refractivity contribution >= 4 is 40.3 Å². The van der Waals surface area contributed by atoms with E-state index < -0.39 is 23.4 Å². The Morgan fingerprint density at radius 1 is 1.24 bits per heavy atom. The summed E-state index contributed by atoms with van der Waals surface area (Å²) in [5, 5.41) is 11.3. The molecule has 1 amide bonds. The molecule has 3 rings (SSSR count). The van der Waals surface area contributed by atoms with Crippen LogP contribution < -0.4 is 11.1 Å². The van der Waals surface area contributed by atoms with E-state index in [9.17, 15) is 18.8 Å². The number of aromatic nitrogens is 1. The lowest BCUT2D eigenvalue weighted by atomic mass is 10.2. The van der Waals surface area contributed by atoms with Crippen molar-refractivity contribution < 1.29 is 23.5 Å². The van der Waals surface area contributed by atoms with Crippen molar-refractivity contribution in [3.63, 3.8) is 0 Å². The van der Waals surface area contributed by atoms with Crippen LogP contribution in [0.15, 0.2) is 45.6 Å². The minimum absolute atomic E-state index is 0.0428. The zero-order valence-electron chi connectivity index (χ0n) is 12.5. The van der Waals surface area contributed by atoms with Gasteiger partial charge in [-0.2, -0.15) is 0 Å². The van der Waals surface area contributed by atoms with E-state index in [1.807, 2.05) is 0 Å². The predicted molar refractivity (Wildman–Crippen MR) is 87.5 cm³/mol. The highest BCUT2D eigenvalue weighted by molar-refractivity contribution is 6.31. The van der Waals surface area contributed by atoms with Crippen LogP contribution in [0.5, 0.6) is 0 Å². The lowest BCUT2D eigenvalue weighted by Gasteiger charge is -2.06. The van der Waals surface area contributed by atoms with Crippen molar-refractivity contribution in [2.75, 3.05) is 5.32 Å². The summed E-state index contributed by atoms with van der Waals surface area (Å²) in [6, 6.07) is 7.55. The van der Waals surface area contributed by atoms with Gasteiger partial charge in [-0.05, 0) is 36.4 Å². The van der Waals surface area contributed by atoms with E-state index in [4.69, 9.17) is 21.1 Å². The maximum Gasteiger partial charge on any atom is 0.420 e. The monoisotopic (exact) mass is 364 g/mol. The van der Waals surface area contributed by atoms with E-state index in [2.05, 4.69) is 5.32 Å². The fraction of sp³-hybridized carbons (Fsp3) is 0.0625. The third-order valence-corrected chi connectivity index (χ3v) is 3.71. The van der Waals surface area contributed by atoms with Crippen molar-refractivity contribution in [3.8, 4) is 0 Å². The number of oxazole rings is 1. The number of fused-ring (bicyclic) bond motifs is 1. The number of carbonyl (C=O) groups excluding carboxylic acids is 1. The van der Waals surface area contributed by atoms with Gasteiger partial charge in [0, 0.05) is 5.69 Å². The Balaban J connectivity index is 1.85. The predicted octanol–water partition coefficient (Wildman–Crippen LogP) is 2.72. The average Bonchev–Trinajstić information content (AvgIpc) is 2.86. The van der Waals surface area contributed by atoms with E-state index in [1.54, 1.807) is 0 Å². The zero-order chi connectivity index (χ0) is 18.1. The number of aromatic carboxylic acids is 1. The first-order valence-electron chi connectivity index (χ1n) is 6.97. The Bertz CT molecular complexity index is 1060. The largest absolute Gasteiger partial charge is 0.478 e. The third kappa shape index (κ3) is 3.38. The normalized spacial score (nSPS) is 10.8. The quantitative estimate of drug-likeness (QED) is 0.741. The standard InChI is InChI=1S/C16H10ClFN2O5/c17-10-6-9(2-3-11(10)18)19-14(21)7-20-12-4-1-8(15(22)23)5-13(12)25-16(20)24/h1-6H,7H2,(H,19,21)(H,22,23). The summed E-state index contributed by atoms with van der Waals surface area (Å²) in [4.78, 5) is 34.9. The molecule has 1 aromatic heterocycles. The van der Waals surface area contributed by atoms with Crippen molar-refractivity contribution in [1.82, 2.24) is 4.57 Å². The second kappa shape index (κ2) is 6.40. The molecule has 0 atom stereocenters. The van der Waals surface area contributed by atoms with Crippen LogP contribution in [0.25, 0.3) is 11.1 Å². The summed E-state index contributed by atoms with van der Waals surface area (Å²) in [5.41, 5.74) is 0.564. The number of carboxylic acid groups (broad SMARTS) is 1. The Morgan fingerprint density at radius 2 is 2.00 bits per heavy atom. The highest BCUT2D eigenvalue weighted by atomic mass is 35.5. The number of amides is 1. The van der Waals surface area contributed by atoms with Crippen LogP contribution in [0.4, 0.5) is 10.1 Å². The van der Waals surface area contributed by atoms with Gasteiger partial charge >= 0.3 is 11.7 Å². The molecule has 7 nitrogen and oxygen atoms in total. The Kier molecular flexibility index (Phi) is 4.28. The van der Waals surface area contributed by atoms with Gasteiger partial charge in [0.2, 0.25) is 5.91 Å². The first kappa shape index (κ1) is 16.7. The average molecular weight is 365 g/mol. The van der Waals surface area contributed by atoms with Crippen LogP contribution in [-0.4, -0.2) is 21.6 Å². The highest BCUT2D eigenvalue weighted by Gasteiger charge is 2.15. The van der Waals surface area contributed by atoms with Crippen LogP contribution in [0.3, 0.4) is 0 Å².